The molecule has 5 aromatic carbocycles. The molecule has 0 N–H and O–H groups in total. The number of amides is 1. The molecule has 0 saturated carbocycles. The maximum Gasteiger partial charge on any atom is 0.307 e. The number of benzene rings is 5. The molecule has 0 saturated heterocycles. The van der Waals surface area contributed by atoms with Gasteiger partial charge in [-0.2, -0.15) is 0 Å². The Bertz CT molecular complexity index is 2630. The monoisotopic (exact) mass is 895 g/mol. The van der Waals surface area contributed by atoms with Gasteiger partial charge in [-0.1, -0.05) is 36.4 Å². The van der Waals surface area contributed by atoms with Gasteiger partial charge >= 0.3 is 5.97 Å². The van der Waals surface area contributed by atoms with Crippen LogP contribution in [-0.4, -0.2) is 92.1 Å². The molecule has 3 heterocycles. The first-order valence-electron chi connectivity index (χ1n) is 22.1. The highest BCUT2D eigenvalue weighted by Gasteiger charge is 2.45. The molecule has 14 heteroatoms. The van der Waals surface area contributed by atoms with Crippen LogP contribution < -0.4 is 33.6 Å². The summed E-state index contributed by atoms with van der Waals surface area (Å²) >= 11 is 0. The molecule has 2 unspecified atom stereocenters. The number of carbonyl (C=O) groups excluding carboxylic acids is 2. The number of hydrogen-bond acceptors (Lipinski definition) is 13. The van der Waals surface area contributed by atoms with Gasteiger partial charge in [-0.3, -0.25) is 24.5 Å². The zero-order chi connectivity index (χ0) is 46.4. The minimum atomic E-state index is -0.614. The lowest BCUT2D eigenvalue weighted by atomic mass is 9.98. The normalized spacial score (nSPS) is 16.1. The van der Waals surface area contributed by atoms with E-state index in [0.29, 0.717) is 66.1 Å². The number of anilines is 3. The Labute approximate surface area is 386 Å². The lowest BCUT2D eigenvalue weighted by Gasteiger charge is -2.31. The van der Waals surface area contributed by atoms with Crippen molar-refractivity contribution in [3.05, 3.63) is 124 Å². The summed E-state index contributed by atoms with van der Waals surface area (Å²) in [5, 5.41) is 0. The van der Waals surface area contributed by atoms with Gasteiger partial charge in [0.05, 0.1) is 56.8 Å². The van der Waals surface area contributed by atoms with E-state index in [1.807, 2.05) is 67.6 Å². The van der Waals surface area contributed by atoms with E-state index < -0.39 is 11.8 Å². The third-order valence-corrected chi connectivity index (χ3v) is 12.4. The molecule has 3 aliphatic heterocycles. The number of ether oxygens (including phenoxy) is 7. The van der Waals surface area contributed by atoms with Gasteiger partial charge in [-0.25, -0.2) is 0 Å². The number of para-hydroxylation sites is 2. The molecule has 0 fully saturated rings. The number of methoxy groups -OCH3 is 4. The molecule has 3 aliphatic rings. The highest BCUT2D eigenvalue weighted by molar-refractivity contribution is 6.16. The fraction of sp³-hybridized carbons (Fsp3) is 0.346. The molecular formula is C52H57N5O9. The molecule has 0 radical (unpaired) electrons. The molecule has 1 amide bonds. The van der Waals surface area contributed by atoms with Crippen LogP contribution in [0.2, 0.25) is 0 Å². The van der Waals surface area contributed by atoms with E-state index in [-0.39, 0.29) is 31.5 Å². The summed E-state index contributed by atoms with van der Waals surface area (Å²) in [7, 11) is 8.26. The van der Waals surface area contributed by atoms with Crippen LogP contribution in [0, 0.1) is 0 Å². The topological polar surface area (TPSA) is 133 Å². The summed E-state index contributed by atoms with van der Waals surface area (Å²) < 4.78 is 41.3. The van der Waals surface area contributed by atoms with Crippen LogP contribution in [0.4, 0.5) is 28.4 Å². The van der Waals surface area contributed by atoms with Crippen molar-refractivity contribution in [1.29, 1.82) is 0 Å². The van der Waals surface area contributed by atoms with Gasteiger partial charge in [0.1, 0.15) is 13.2 Å². The predicted octanol–water partition coefficient (Wildman–Crippen LogP) is 8.99. The second kappa shape index (κ2) is 20.1. The van der Waals surface area contributed by atoms with E-state index >= 15 is 0 Å². The number of esters is 1. The van der Waals surface area contributed by atoms with Crippen molar-refractivity contribution in [3.8, 4) is 23.0 Å². The molecule has 0 bridgehead atoms. The van der Waals surface area contributed by atoms with Gasteiger partial charge < -0.3 is 43.0 Å². The van der Waals surface area contributed by atoms with Gasteiger partial charge in [0.25, 0.3) is 5.91 Å². The van der Waals surface area contributed by atoms with Crippen molar-refractivity contribution in [2.45, 2.75) is 57.6 Å². The number of carbonyl (C=O) groups is 2. The fourth-order valence-corrected chi connectivity index (χ4v) is 9.04. The molecule has 66 heavy (non-hydrogen) atoms. The molecule has 0 aliphatic carbocycles. The number of hydrogen-bond donors (Lipinski definition) is 0. The number of rotatable bonds is 20. The average molecular weight is 896 g/mol. The van der Waals surface area contributed by atoms with Gasteiger partial charge in [0.15, 0.2) is 29.2 Å². The van der Waals surface area contributed by atoms with Crippen molar-refractivity contribution in [2.24, 2.45) is 9.98 Å². The minimum Gasteiger partial charge on any atom is -0.493 e. The molecule has 0 aromatic heterocycles. The summed E-state index contributed by atoms with van der Waals surface area (Å²) in [5.74, 6) is 1.46. The van der Waals surface area contributed by atoms with Crippen LogP contribution in [0.25, 0.3) is 0 Å². The van der Waals surface area contributed by atoms with E-state index in [2.05, 4.69) is 57.9 Å². The maximum absolute atomic E-state index is 14.2. The molecule has 5 aromatic rings. The number of fused-ring (bicyclic) bond motifs is 5. The molecular weight excluding hydrogens is 839 g/mol. The first kappa shape index (κ1) is 45.7. The van der Waals surface area contributed by atoms with Crippen LogP contribution in [-0.2, 0) is 45.1 Å². The second-order valence-corrected chi connectivity index (χ2v) is 16.8. The summed E-state index contributed by atoms with van der Waals surface area (Å²) in [6, 6.07) is 29.8. The smallest absolute Gasteiger partial charge is 0.307 e. The molecule has 2 atom stereocenters. The highest BCUT2D eigenvalue weighted by Crippen LogP contribution is 2.46. The predicted molar refractivity (Wildman–Crippen MR) is 256 cm³/mol. The van der Waals surface area contributed by atoms with Crippen molar-refractivity contribution in [2.75, 3.05) is 76.5 Å². The molecule has 8 rings (SSSR count). The highest BCUT2D eigenvalue weighted by atomic mass is 16.5. The zero-order valence-corrected chi connectivity index (χ0v) is 38.5. The Kier molecular flexibility index (Phi) is 13.9. The van der Waals surface area contributed by atoms with Crippen LogP contribution in [0.5, 0.6) is 23.0 Å². The standard InChI is InChI=1S/C52H57N5O9/c1-52-30-37-14-9-11-16-44(37)57(52)50(59)39-26-45(60-4)48(29-42(39)54-33-52)66-32-35-23-34(24-38(25-35)55(3)19-12-21-64-22-18-49(58)62-6)31-65-47-28-41(53-2)40(27-46(47)61-5)51(63-7)56-20-17-36-13-8-10-15-43(36)56/h8-11,13-16,23-29,33,51H,2,12,17-22,30-32H2,1,3-7H3. The van der Waals surface area contributed by atoms with Crippen molar-refractivity contribution in [3.63, 3.8) is 0 Å². The van der Waals surface area contributed by atoms with Gasteiger partial charge in [-0.05, 0) is 91.2 Å². The Morgan fingerprint density at radius 1 is 0.848 bits per heavy atom. The fourth-order valence-electron chi connectivity index (χ4n) is 9.04. The van der Waals surface area contributed by atoms with Gasteiger partial charge in [0, 0.05) is 81.2 Å². The Morgan fingerprint density at radius 2 is 1.53 bits per heavy atom. The Morgan fingerprint density at radius 3 is 2.23 bits per heavy atom. The van der Waals surface area contributed by atoms with Crippen LogP contribution >= 0.6 is 0 Å². The van der Waals surface area contributed by atoms with Gasteiger partial charge in [-0.15, -0.1) is 0 Å². The zero-order valence-electron chi connectivity index (χ0n) is 38.5. The average Bonchev–Trinajstić information content (AvgIpc) is 3.88. The van der Waals surface area contributed by atoms with Crippen LogP contribution in [0.15, 0.2) is 101 Å². The van der Waals surface area contributed by atoms with E-state index in [1.54, 1.807) is 33.5 Å². The maximum atomic E-state index is 14.2. The van der Waals surface area contributed by atoms with E-state index in [9.17, 15) is 9.59 Å². The number of aliphatic imine (C=N–C) groups is 2. The van der Waals surface area contributed by atoms with E-state index in [1.165, 1.54) is 12.7 Å². The first-order valence-corrected chi connectivity index (χ1v) is 22.1. The second-order valence-electron chi connectivity index (χ2n) is 16.8. The largest absolute Gasteiger partial charge is 0.493 e. The first-order chi connectivity index (χ1) is 32.1. The Hall–Kier alpha value is -6.90. The van der Waals surface area contributed by atoms with Crippen molar-refractivity contribution in [1.82, 2.24) is 0 Å². The summed E-state index contributed by atoms with van der Waals surface area (Å²) in [6.07, 6.45) is 3.96. The summed E-state index contributed by atoms with van der Waals surface area (Å²) in [5.41, 5.74) is 8.85. The third-order valence-electron chi connectivity index (χ3n) is 12.4. The lowest BCUT2D eigenvalue weighted by molar-refractivity contribution is -0.141. The molecule has 344 valence electrons. The summed E-state index contributed by atoms with van der Waals surface area (Å²) in [6.45, 7) is 8.57. The molecule has 0 spiro atoms. The quantitative estimate of drug-likeness (QED) is 0.0421. The van der Waals surface area contributed by atoms with E-state index in [0.717, 1.165) is 58.7 Å². The third kappa shape index (κ3) is 9.42. The van der Waals surface area contributed by atoms with E-state index in [4.69, 9.17) is 38.2 Å². The van der Waals surface area contributed by atoms with Crippen LogP contribution in [0.1, 0.15) is 64.2 Å². The minimum absolute atomic E-state index is 0.146. The lowest BCUT2D eigenvalue weighted by Crippen LogP contribution is -2.48. The molecule has 14 nitrogen and oxygen atoms in total. The summed E-state index contributed by atoms with van der Waals surface area (Å²) in [4.78, 5) is 41.2. The van der Waals surface area contributed by atoms with Crippen molar-refractivity contribution < 1.29 is 42.7 Å². The number of nitrogens with zero attached hydrogens (tertiary/aromatic N) is 5. The SMILES string of the molecule is C=Nc1cc(OCc2cc(COc3cc4c(cc3OC)C(=O)N3c5ccccc5CC3(C)C=N4)cc(N(C)CCCOCCC(=O)OC)c2)c(OC)cc1C(OC)N1CCc2ccccc21. The van der Waals surface area contributed by atoms with Crippen LogP contribution in [0.3, 0.4) is 0 Å². The van der Waals surface area contributed by atoms with Crippen molar-refractivity contribution >= 4 is 53.2 Å². The van der Waals surface area contributed by atoms with Gasteiger partial charge in [0.2, 0.25) is 0 Å². The Balaban J connectivity index is 1.04.